The number of morpholine rings is 1. The van der Waals surface area contributed by atoms with Crippen molar-refractivity contribution in [1.29, 1.82) is 5.26 Å². The van der Waals surface area contributed by atoms with Gasteiger partial charge in [-0.25, -0.2) is 0 Å². The molecule has 1 aromatic carbocycles. The van der Waals surface area contributed by atoms with Crippen LogP contribution in [0.2, 0.25) is 0 Å². The van der Waals surface area contributed by atoms with Crippen molar-refractivity contribution in [1.82, 2.24) is 4.90 Å². The molecule has 1 aliphatic rings. The first-order valence-corrected chi connectivity index (χ1v) is 6.94. The van der Waals surface area contributed by atoms with Crippen LogP contribution in [0.15, 0.2) is 18.2 Å². The first-order chi connectivity index (χ1) is 10.0. The molecule has 0 saturated carbocycles. The molecule has 0 spiro atoms. The summed E-state index contributed by atoms with van der Waals surface area (Å²) < 4.78 is 5.29. The molecule has 0 bridgehead atoms. The fraction of sp³-hybridized carbons (Fsp3) is 0.467. The van der Waals surface area contributed by atoms with Crippen LogP contribution in [-0.4, -0.2) is 42.6 Å². The molecule has 21 heavy (non-hydrogen) atoms. The Morgan fingerprint density at radius 1 is 1.62 bits per heavy atom. The SMILES string of the molecule is Cc1c(N)cccc1NC(=O)C(C)N1CCOC(C#N)C1. The zero-order valence-corrected chi connectivity index (χ0v) is 12.3. The van der Waals surface area contributed by atoms with E-state index in [1.54, 1.807) is 6.07 Å². The number of amides is 1. The molecule has 1 aromatic rings. The molecular formula is C15H20N4O2. The predicted octanol–water partition coefficient (Wildman–Crippen LogP) is 1.13. The van der Waals surface area contributed by atoms with E-state index in [0.717, 1.165) is 11.3 Å². The first-order valence-electron chi connectivity index (χ1n) is 6.94. The highest BCUT2D eigenvalue weighted by molar-refractivity contribution is 5.95. The van der Waals surface area contributed by atoms with Gasteiger partial charge in [0.1, 0.15) is 0 Å². The number of nitriles is 1. The number of anilines is 2. The van der Waals surface area contributed by atoms with Gasteiger partial charge in [-0.05, 0) is 31.5 Å². The highest BCUT2D eigenvalue weighted by Gasteiger charge is 2.28. The maximum Gasteiger partial charge on any atom is 0.241 e. The molecule has 1 aliphatic heterocycles. The molecule has 6 heteroatoms. The number of hydrogen-bond donors (Lipinski definition) is 2. The minimum atomic E-state index is -0.469. The summed E-state index contributed by atoms with van der Waals surface area (Å²) in [6, 6.07) is 7.19. The van der Waals surface area contributed by atoms with Gasteiger partial charge < -0.3 is 15.8 Å². The van der Waals surface area contributed by atoms with Crippen molar-refractivity contribution in [2.75, 3.05) is 30.7 Å². The number of ether oxygens (including phenoxy) is 1. The van der Waals surface area contributed by atoms with Crippen molar-refractivity contribution < 1.29 is 9.53 Å². The third kappa shape index (κ3) is 3.51. The molecular weight excluding hydrogens is 268 g/mol. The Morgan fingerprint density at radius 3 is 3.10 bits per heavy atom. The Hall–Kier alpha value is -2.10. The summed E-state index contributed by atoms with van der Waals surface area (Å²) in [6.45, 7) is 5.25. The summed E-state index contributed by atoms with van der Waals surface area (Å²) in [7, 11) is 0. The number of benzene rings is 1. The van der Waals surface area contributed by atoms with E-state index in [-0.39, 0.29) is 11.9 Å². The number of rotatable bonds is 3. The van der Waals surface area contributed by atoms with Crippen LogP contribution in [-0.2, 0) is 9.53 Å². The second-order valence-corrected chi connectivity index (χ2v) is 5.17. The van der Waals surface area contributed by atoms with E-state index in [9.17, 15) is 4.79 Å². The van der Waals surface area contributed by atoms with E-state index in [1.807, 2.05) is 30.9 Å². The highest BCUT2D eigenvalue weighted by atomic mass is 16.5. The maximum absolute atomic E-state index is 12.4. The van der Waals surface area contributed by atoms with Crippen LogP contribution in [0.3, 0.4) is 0 Å². The van der Waals surface area contributed by atoms with E-state index in [4.69, 9.17) is 15.7 Å². The molecule has 1 fully saturated rings. The van der Waals surface area contributed by atoms with Gasteiger partial charge in [0.15, 0.2) is 6.10 Å². The monoisotopic (exact) mass is 288 g/mol. The number of nitrogens with two attached hydrogens (primary N) is 1. The molecule has 0 aliphatic carbocycles. The van der Waals surface area contributed by atoms with Gasteiger partial charge in [-0.3, -0.25) is 9.69 Å². The molecule has 2 atom stereocenters. The van der Waals surface area contributed by atoms with E-state index in [0.29, 0.717) is 25.4 Å². The van der Waals surface area contributed by atoms with Crippen LogP contribution < -0.4 is 11.1 Å². The lowest BCUT2D eigenvalue weighted by Crippen LogP contribution is -2.50. The molecule has 0 radical (unpaired) electrons. The number of hydrogen-bond acceptors (Lipinski definition) is 5. The Kier molecular flexibility index (Phi) is 4.78. The molecule has 1 amide bonds. The van der Waals surface area contributed by atoms with Crippen molar-refractivity contribution in [3.05, 3.63) is 23.8 Å². The Labute approximate surface area is 124 Å². The fourth-order valence-corrected chi connectivity index (χ4v) is 2.29. The zero-order valence-electron chi connectivity index (χ0n) is 12.3. The van der Waals surface area contributed by atoms with E-state index < -0.39 is 6.10 Å². The highest BCUT2D eigenvalue weighted by Crippen LogP contribution is 2.21. The summed E-state index contributed by atoms with van der Waals surface area (Å²) >= 11 is 0. The fourth-order valence-electron chi connectivity index (χ4n) is 2.29. The molecule has 6 nitrogen and oxygen atoms in total. The average Bonchev–Trinajstić information content (AvgIpc) is 2.51. The van der Waals surface area contributed by atoms with Crippen molar-refractivity contribution in [2.45, 2.75) is 26.0 Å². The summed E-state index contributed by atoms with van der Waals surface area (Å²) in [6.07, 6.45) is -0.469. The van der Waals surface area contributed by atoms with Crippen LogP contribution in [0, 0.1) is 18.3 Å². The van der Waals surface area contributed by atoms with Crippen LogP contribution >= 0.6 is 0 Å². The van der Waals surface area contributed by atoms with Crippen molar-refractivity contribution in [2.24, 2.45) is 0 Å². The smallest absolute Gasteiger partial charge is 0.241 e. The molecule has 112 valence electrons. The van der Waals surface area contributed by atoms with Crippen LogP contribution in [0.5, 0.6) is 0 Å². The van der Waals surface area contributed by atoms with Crippen LogP contribution in [0.4, 0.5) is 11.4 Å². The Morgan fingerprint density at radius 2 is 2.38 bits per heavy atom. The minimum Gasteiger partial charge on any atom is -0.398 e. The van der Waals surface area contributed by atoms with E-state index in [1.165, 1.54) is 0 Å². The lowest BCUT2D eigenvalue weighted by Gasteiger charge is -2.33. The second-order valence-electron chi connectivity index (χ2n) is 5.17. The van der Waals surface area contributed by atoms with Crippen LogP contribution in [0.25, 0.3) is 0 Å². The topological polar surface area (TPSA) is 91.4 Å². The van der Waals surface area contributed by atoms with Gasteiger partial charge >= 0.3 is 0 Å². The molecule has 0 aromatic heterocycles. The zero-order chi connectivity index (χ0) is 15.4. The second kappa shape index (κ2) is 6.57. The predicted molar refractivity (Wildman–Crippen MR) is 80.6 cm³/mol. The standard InChI is InChI=1S/C15H20N4O2/c1-10-13(17)4-3-5-14(10)18-15(20)11(2)19-6-7-21-12(8-16)9-19/h3-5,11-12H,6-7,9,17H2,1-2H3,(H,18,20). The number of nitrogen functional groups attached to an aromatic ring is 1. The summed E-state index contributed by atoms with van der Waals surface area (Å²) in [4.78, 5) is 14.3. The number of nitrogens with zero attached hydrogens (tertiary/aromatic N) is 2. The molecule has 1 saturated heterocycles. The van der Waals surface area contributed by atoms with Gasteiger partial charge in [-0.1, -0.05) is 6.07 Å². The van der Waals surface area contributed by atoms with Gasteiger partial charge in [-0.15, -0.1) is 0 Å². The van der Waals surface area contributed by atoms with Crippen molar-refractivity contribution in [3.63, 3.8) is 0 Å². The third-order valence-corrected chi connectivity index (χ3v) is 3.80. The first kappa shape index (κ1) is 15.3. The summed E-state index contributed by atoms with van der Waals surface area (Å²) in [5.41, 5.74) is 8.06. The largest absolute Gasteiger partial charge is 0.398 e. The minimum absolute atomic E-state index is 0.109. The van der Waals surface area contributed by atoms with E-state index >= 15 is 0 Å². The molecule has 1 heterocycles. The average molecular weight is 288 g/mol. The van der Waals surface area contributed by atoms with Gasteiger partial charge in [-0.2, -0.15) is 5.26 Å². The lowest BCUT2D eigenvalue weighted by molar-refractivity contribution is -0.123. The number of nitrogens with one attached hydrogen (secondary N) is 1. The lowest BCUT2D eigenvalue weighted by atomic mass is 10.1. The van der Waals surface area contributed by atoms with Gasteiger partial charge in [0, 0.05) is 24.5 Å². The Balaban J connectivity index is 2.03. The van der Waals surface area contributed by atoms with Gasteiger partial charge in [0.05, 0.1) is 18.7 Å². The number of carbonyl (C=O) groups excluding carboxylic acids is 1. The number of carbonyl (C=O) groups is 1. The molecule has 3 N–H and O–H groups in total. The Bertz CT molecular complexity index is 567. The molecule has 2 unspecified atom stereocenters. The van der Waals surface area contributed by atoms with Crippen LogP contribution in [0.1, 0.15) is 12.5 Å². The molecule has 2 rings (SSSR count). The summed E-state index contributed by atoms with van der Waals surface area (Å²) in [5, 5.41) is 11.8. The third-order valence-electron chi connectivity index (χ3n) is 3.80. The maximum atomic E-state index is 12.4. The van der Waals surface area contributed by atoms with Gasteiger partial charge in [0.25, 0.3) is 0 Å². The van der Waals surface area contributed by atoms with Crippen molar-refractivity contribution in [3.8, 4) is 6.07 Å². The quantitative estimate of drug-likeness (QED) is 0.813. The normalized spacial score (nSPS) is 20.5. The summed E-state index contributed by atoms with van der Waals surface area (Å²) in [5.74, 6) is -0.109. The van der Waals surface area contributed by atoms with Crippen molar-refractivity contribution >= 4 is 17.3 Å². The van der Waals surface area contributed by atoms with E-state index in [2.05, 4.69) is 11.4 Å². The van der Waals surface area contributed by atoms with Gasteiger partial charge in [0.2, 0.25) is 5.91 Å².